The molecule has 0 saturated heterocycles. The Morgan fingerprint density at radius 3 is 2.70 bits per heavy atom. The molecule has 2 rings (SSSR count). The maximum atomic E-state index is 12.3. The second kappa shape index (κ2) is 6.71. The third-order valence-electron chi connectivity index (χ3n) is 3.48. The highest BCUT2D eigenvalue weighted by molar-refractivity contribution is 7.14. The van der Waals surface area contributed by atoms with E-state index in [2.05, 4.69) is 5.32 Å². The predicted molar refractivity (Wildman–Crippen MR) is 76.3 cm³/mol. The lowest BCUT2D eigenvalue weighted by molar-refractivity contribution is 0.0698. The molecule has 0 bridgehead atoms. The van der Waals surface area contributed by atoms with Crippen LogP contribution >= 0.6 is 11.3 Å². The number of hydrogen-bond donors (Lipinski definition) is 3. The highest BCUT2D eigenvalue weighted by atomic mass is 32.1. The number of carbonyl (C=O) groups is 2. The third-order valence-corrected chi connectivity index (χ3v) is 4.31. The van der Waals surface area contributed by atoms with E-state index in [0.29, 0.717) is 5.00 Å². The first-order valence-corrected chi connectivity index (χ1v) is 7.50. The lowest BCUT2D eigenvalue weighted by Crippen LogP contribution is -2.43. The quantitative estimate of drug-likeness (QED) is 0.777. The van der Waals surface area contributed by atoms with Gasteiger partial charge in [-0.3, -0.25) is 5.32 Å². The second-order valence-corrected chi connectivity index (χ2v) is 5.67. The van der Waals surface area contributed by atoms with Gasteiger partial charge in [0.05, 0.1) is 12.2 Å². The molecule has 20 heavy (non-hydrogen) atoms. The first-order valence-electron chi connectivity index (χ1n) is 6.62. The summed E-state index contributed by atoms with van der Waals surface area (Å²) in [6.45, 7) is 0.171. The molecule has 1 aliphatic carbocycles. The van der Waals surface area contributed by atoms with Crippen molar-refractivity contribution in [3.8, 4) is 0 Å². The summed E-state index contributed by atoms with van der Waals surface area (Å²) in [5.74, 6) is -1.06. The number of anilines is 1. The van der Waals surface area contributed by atoms with Crippen molar-refractivity contribution in [2.75, 3.05) is 18.5 Å². The van der Waals surface area contributed by atoms with Crippen molar-refractivity contribution in [1.82, 2.24) is 4.90 Å². The number of urea groups is 1. The number of aliphatic hydroxyl groups is 1. The standard InChI is InChI=1S/C13H18N2O4S/c16-7-6-15(9-3-1-2-4-9)13(19)14-11-10(12(17)18)5-8-20-11/h5,8-9,16H,1-4,6-7H2,(H,14,19)(H,17,18). The smallest absolute Gasteiger partial charge is 0.338 e. The van der Waals surface area contributed by atoms with Gasteiger partial charge in [-0.2, -0.15) is 0 Å². The maximum Gasteiger partial charge on any atom is 0.338 e. The van der Waals surface area contributed by atoms with Gasteiger partial charge in [-0.25, -0.2) is 9.59 Å². The summed E-state index contributed by atoms with van der Waals surface area (Å²) in [5.41, 5.74) is 0.0960. The summed E-state index contributed by atoms with van der Waals surface area (Å²) in [4.78, 5) is 24.9. The van der Waals surface area contributed by atoms with Crippen LogP contribution < -0.4 is 5.32 Å². The van der Waals surface area contributed by atoms with Crippen molar-refractivity contribution in [2.24, 2.45) is 0 Å². The minimum absolute atomic E-state index is 0.0960. The fourth-order valence-electron chi connectivity index (χ4n) is 2.52. The zero-order chi connectivity index (χ0) is 14.5. The molecular weight excluding hydrogens is 280 g/mol. The molecule has 1 saturated carbocycles. The van der Waals surface area contributed by atoms with Crippen LogP contribution in [0.2, 0.25) is 0 Å². The van der Waals surface area contributed by atoms with Gasteiger partial charge in [0.1, 0.15) is 5.00 Å². The molecule has 0 radical (unpaired) electrons. The van der Waals surface area contributed by atoms with Crippen LogP contribution in [0.1, 0.15) is 36.0 Å². The van der Waals surface area contributed by atoms with Crippen LogP contribution in [0.4, 0.5) is 9.80 Å². The summed E-state index contributed by atoms with van der Waals surface area (Å²) in [7, 11) is 0. The maximum absolute atomic E-state index is 12.3. The number of rotatable bonds is 5. The molecular formula is C13H18N2O4S. The van der Waals surface area contributed by atoms with E-state index in [1.165, 1.54) is 17.4 Å². The topological polar surface area (TPSA) is 89.9 Å². The predicted octanol–water partition coefficient (Wildman–Crippen LogP) is 2.22. The highest BCUT2D eigenvalue weighted by Gasteiger charge is 2.27. The molecule has 2 amide bonds. The number of aromatic carboxylic acids is 1. The third kappa shape index (κ3) is 3.29. The fourth-order valence-corrected chi connectivity index (χ4v) is 3.29. The average molecular weight is 298 g/mol. The van der Waals surface area contributed by atoms with Crippen LogP contribution in [0.15, 0.2) is 11.4 Å². The number of carboxylic acid groups (broad SMARTS) is 1. The van der Waals surface area contributed by atoms with Crippen molar-refractivity contribution >= 4 is 28.3 Å². The summed E-state index contributed by atoms with van der Waals surface area (Å²) in [6, 6.07) is 1.26. The summed E-state index contributed by atoms with van der Waals surface area (Å²) >= 11 is 1.18. The molecule has 6 nitrogen and oxygen atoms in total. The number of thiophene rings is 1. The molecule has 1 fully saturated rings. The molecule has 3 N–H and O–H groups in total. The molecule has 0 atom stereocenters. The Labute approximate surface area is 121 Å². The Balaban J connectivity index is 2.07. The molecule has 7 heteroatoms. The largest absolute Gasteiger partial charge is 0.478 e. The van der Waals surface area contributed by atoms with Crippen LogP contribution in [0, 0.1) is 0 Å². The Bertz CT molecular complexity index is 482. The van der Waals surface area contributed by atoms with E-state index >= 15 is 0 Å². The van der Waals surface area contributed by atoms with Gasteiger partial charge in [0.15, 0.2) is 0 Å². The number of amides is 2. The van der Waals surface area contributed by atoms with E-state index in [-0.39, 0.29) is 30.8 Å². The van der Waals surface area contributed by atoms with E-state index < -0.39 is 5.97 Å². The zero-order valence-electron chi connectivity index (χ0n) is 11.0. The number of hydrogen-bond acceptors (Lipinski definition) is 4. The molecule has 0 unspecified atom stereocenters. The number of carbonyl (C=O) groups excluding carboxylic acids is 1. The SMILES string of the molecule is O=C(O)c1ccsc1NC(=O)N(CCO)C1CCCC1. The van der Waals surface area contributed by atoms with Gasteiger partial charge in [-0.15, -0.1) is 11.3 Å². The molecule has 1 aromatic heterocycles. The van der Waals surface area contributed by atoms with Gasteiger partial charge in [-0.05, 0) is 24.3 Å². The molecule has 1 aliphatic rings. The van der Waals surface area contributed by atoms with Crippen LogP contribution in [0.3, 0.4) is 0 Å². The van der Waals surface area contributed by atoms with Crippen molar-refractivity contribution < 1.29 is 19.8 Å². The zero-order valence-corrected chi connectivity index (χ0v) is 11.9. The summed E-state index contributed by atoms with van der Waals surface area (Å²) in [5, 5.41) is 22.7. The second-order valence-electron chi connectivity index (χ2n) is 4.75. The molecule has 0 spiro atoms. The highest BCUT2D eigenvalue weighted by Crippen LogP contribution is 2.26. The minimum Gasteiger partial charge on any atom is -0.478 e. The normalized spacial score (nSPS) is 15.2. The lowest BCUT2D eigenvalue weighted by Gasteiger charge is -2.28. The Morgan fingerprint density at radius 2 is 2.10 bits per heavy atom. The van der Waals surface area contributed by atoms with E-state index in [9.17, 15) is 9.59 Å². The number of carboxylic acids is 1. The van der Waals surface area contributed by atoms with E-state index in [4.69, 9.17) is 10.2 Å². The van der Waals surface area contributed by atoms with Gasteiger partial charge < -0.3 is 15.1 Å². The molecule has 0 aromatic carbocycles. The monoisotopic (exact) mass is 298 g/mol. The fraction of sp³-hybridized carbons (Fsp3) is 0.538. The van der Waals surface area contributed by atoms with Gasteiger partial charge in [-0.1, -0.05) is 12.8 Å². The molecule has 1 aromatic rings. The molecule has 110 valence electrons. The lowest BCUT2D eigenvalue weighted by atomic mass is 10.2. The van der Waals surface area contributed by atoms with E-state index in [1.807, 2.05) is 0 Å². The number of nitrogens with one attached hydrogen (secondary N) is 1. The Morgan fingerprint density at radius 1 is 1.40 bits per heavy atom. The van der Waals surface area contributed by atoms with E-state index in [1.54, 1.807) is 10.3 Å². The van der Waals surface area contributed by atoms with Crippen LogP contribution in [0.25, 0.3) is 0 Å². The van der Waals surface area contributed by atoms with Gasteiger partial charge in [0, 0.05) is 12.6 Å². The van der Waals surface area contributed by atoms with Crippen LogP contribution in [-0.2, 0) is 0 Å². The van der Waals surface area contributed by atoms with Crippen molar-refractivity contribution in [2.45, 2.75) is 31.7 Å². The Hall–Kier alpha value is -1.60. The Kier molecular flexibility index (Phi) is 4.97. The number of nitrogens with zero attached hydrogens (tertiary/aromatic N) is 1. The van der Waals surface area contributed by atoms with Crippen molar-refractivity contribution in [1.29, 1.82) is 0 Å². The van der Waals surface area contributed by atoms with Crippen LogP contribution in [0.5, 0.6) is 0 Å². The summed E-state index contributed by atoms with van der Waals surface area (Å²) < 4.78 is 0. The van der Waals surface area contributed by atoms with Gasteiger partial charge in [0.25, 0.3) is 0 Å². The number of aliphatic hydroxyl groups excluding tert-OH is 1. The molecule has 0 aliphatic heterocycles. The van der Waals surface area contributed by atoms with Gasteiger partial charge >= 0.3 is 12.0 Å². The van der Waals surface area contributed by atoms with Crippen LogP contribution in [-0.4, -0.2) is 46.3 Å². The van der Waals surface area contributed by atoms with Crippen molar-refractivity contribution in [3.63, 3.8) is 0 Å². The summed E-state index contributed by atoms with van der Waals surface area (Å²) in [6.07, 6.45) is 4.03. The van der Waals surface area contributed by atoms with Gasteiger partial charge in [0.2, 0.25) is 0 Å². The van der Waals surface area contributed by atoms with E-state index in [0.717, 1.165) is 25.7 Å². The first-order chi connectivity index (χ1) is 9.63. The first kappa shape index (κ1) is 14.8. The average Bonchev–Trinajstić information content (AvgIpc) is 3.06. The van der Waals surface area contributed by atoms with Crippen molar-refractivity contribution in [3.05, 3.63) is 17.0 Å². The molecule has 1 heterocycles. The minimum atomic E-state index is -1.06.